The molecule has 0 bridgehead atoms. The minimum atomic E-state index is -0.145. The van der Waals surface area contributed by atoms with E-state index < -0.39 is 0 Å². The molecule has 0 spiro atoms. The first-order valence-electron chi connectivity index (χ1n) is 7.04. The number of carbonyl (C=O) groups is 1. The topological polar surface area (TPSA) is 56.8 Å². The van der Waals surface area contributed by atoms with Gasteiger partial charge in [-0.25, -0.2) is 0 Å². The van der Waals surface area contributed by atoms with Crippen LogP contribution in [0.25, 0.3) is 0 Å². The first kappa shape index (κ1) is 13.9. The number of rotatable bonds is 5. The quantitative estimate of drug-likeness (QED) is 0.806. The van der Waals surface area contributed by atoms with Crippen molar-refractivity contribution in [2.45, 2.75) is 26.3 Å². The average Bonchev–Trinajstić information content (AvgIpc) is 2.42. The molecule has 1 aliphatic heterocycles. The highest BCUT2D eigenvalue weighted by Crippen LogP contribution is 2.17. The highest BCUT2D eigenvalue weighted by Gasteiger charge is 2.26. The Kier molecular flexibility index (Phi) is 4.80. The Morgan fingerprint density at radius 3 is 2.68 bits per heavy atom. The summed E-state index contributed by atoms with van der Waals surface area (Å²) in [6.07, 6.45) is 1.81. The second kappa shape index (κ2) is 6.57. The zero-order valence-corrected chi connectivity index (χ0v) is 11.5. The van der Waals surface area contributed by atoms with Crippen LogP contribution in [0.2, 0.25) is 0 Å². The Hall–Kier alpha value is -1.55. The predicted molar refractivity (Wildman–Crippen MR) is 73.9 cm³/mol. The number of nitrogens with two attached hydrogens (primary N) is 1. The zero-order chi connectivity index (χ0) is 13.7. The number of hydrogen-bond acceptors (Lipinski definition) is 2. The number of carbonyl (C=O) groups excluding carboxylic acids is 1. The van der Waals surface area contributed by atoms with Crippen LogP contribution in [0, 0.1) is 5.92 Å². The van der Waals surface area contributed by atoms with Gasteiger partial charge in [-0.15, -0.1) is 0 Å². The molecule has 3 N–H and O–H groups in total. The van der Waals surface area contributed by atoms with Crippen molar-refractivity contribution in [3.8, 4) is 5.75 Å². The Labute approximate surface area is 114 Å². The van der Waals surface area contributed by atoms with Crippen LogP contribution in [0.4, 0.5) is 0 Å². The summed E-state index contributed by atoms with van der Waals surface area (Å²) in [7, 11) is 0. The van der Waals surface area contributed by atoms with Crippen molar-refractivity contribution in [2.24, 2.45) is 11.7 Å². The lowest BCUT2D eigenvalue weighted by Crippen LogP contribution is -3.11. The summed E-state index contributed by atoms with van der Waals surface area (Å²) >= 11 is 0. The summed E-state index contributed by atoms with van der Waals surface area (Å²) in [5.74, 6) is 0.911. The number of amides is 1. The van der Waals surface area contributed by atoms with Crippen LogP contribution in [-0.2, 0) is 11.3 Å². The number of benzene rings is 1. The minimum Gasteiger partial charge on any atom is -0.493 e. The van der Waals surface area contributed by atoms with Gasteiger partial charge in [0.2, 0.25) is 5.91 Å². The Morgan fingerprint density at radius 2 is 2.05 bits per heavy atom. The summed E-state index contributed by atoms with van der Waals surface area (Å²) in [5, 5.41) is 0. The Morgan fingerprint density at radius 1 is 1.37 bits per heavy atom. The lowest BCUT2D eigenvalue weighted by Gasteiger charge is -2.28. The van der Waals surface area contributed by atoms with Gasteiger partial charge in [0.05, 0.1) is 19.7 Å². The number of nitrogens with one attached hydrogen (secondary N) is 1. The van der Waals surface area contributed by atoms with Gasteiger partial charge in [-0.2, -0.15) is 0 Å². The van der Waals surface area contributed by atoms with E-state index in [1.54, 1.807) is 0 Å². The molecule has 104 valence electrons. The fraction of sp³-hybridized carbons (Fsp3) is 0.533. The number of ether oxygens (including phenoxy) is 1. The van der Waals surface area contributed by atoms with Crippen LogP contribution >= 0.6 is 0 Å². The van der Waals surface area contributed by atoms with Crippen molar-refractivity contribution in [1.29, 1.82) is 0 Å². The summed E-state index contributed by atoms with van der Waals surface area (Å²) in [6, 6.07) is 8.20. The Balaban J connectivity index is 1.93. The van der Waals surface area contributed by atoms with E-state index in [2.05, 4.69) is 6.07 Å². The minimum absolute atomic E-state index is 0.0749. The molecule has 1 aromatic carbocycles. The molecule has 2 rings (SSSR count). The third-order valence-corrected chi connectivity index (χ3v) is 3.81. The predicted octanol–water partition coefficient (Wildman–Crippen LogP) is 0.366. The highest BCUT2D eigenvalue weighted by atomic mass is 16.5. The number of likely N-dealkylation sites (tertiary alicyclic amines) is 1. The van der Waals surface area contributed by atoms with E-state index >= 15 is 0 Å². The third-order valence-electron chi connectivity index (χ3n) is 3.81. The van der Waals surface area contributed by atoms with Gasteiger partial charge < -0.3 is 15.4 Å². The molecule has 1 saturated heterocycles. The highest BCUT2D eigenvalue weighted by molar-refractivity contribution is 5.76. The van der Waals surface area contributed by atoms with Crippen molar-refractivity contribution in [3.05, 3.63) is 29.8 Å². The zero-order valence-electron chi connectivity index (χ0n) is 11.5. The second-order valence-corrected chi connectivity index (χ2v) is 5.14. The maximum Gasteiger partial charge on any atom is 0.220 e. The molecule has 4 nitrogen and oxygen atoms in total. The van der Waals surface area contributed by atoms with Gasteiger partial charge in [0.25, 0.3) is 0 Å². The van der Waals surface area contributed by atoms with Crippen molar-refractivity contribution >= 4 is 5.91 Å². The fourth-order valence-corrected chi connectivity index (χ4v) is 2.70. The fourth-order valence-electron chi connectivity index (χ4n) is 2.70. The summed E-state index contributed by atoms with van der Waals surface area (Å²) in [5.41, 5.74) is 6.61. The molecule has 1 heterocycles. The summed E-state index contributed by atoms with van der Waals surface area (Å²) < 4.78 is 5.65. The molecule has 19 heavy (non-hydrogen) atoms. The molecule has 1 amide bonds. The molecule has 1 aromatic rings. The SMILES string of the molecule is CCOc1ccccc1C[NH+]1CCC(C(N)=O)CC1. The van der Waals surface area contributed by atoms with Gasteiger partial charge >= 0.3 is 0 Å². The van der Waals surface area contributed by atoms with Gasteiger partial charge in [-0.05, 0) is 19.1 Å². The third kappa shape index (κ3) is 3.70. The van der Waals surface area contributed by atoms with Crippen molar-refractivity contribution < 1.29 is 14.4 Å². The number of quaternary nitrogens is 1. The molecular weight excluding hydrogens is 240 g/mol. The van der Waals surface area contributed by atoms with Crippen LogP contribution in [0.15, 0.2) is 24.3 Å². The molecule has 4 heteroatoms. The van der Waals surface area contributed by atoms with Crippen molar-refractivity contribution in [3.63, 3.8) is 0 Å². The number of hydrogen-bond donors (Lipinski definition) is 2. The lowest BCUT2D eigenvalue weighted by molar-refractivity contribution is -0.919. The molecule has 1 fully saturated rings. The molecule has 0 atom stereocenters. The first-order valence-corrected chi connectivity index (χ1v) is 7.04. The van der Waals surface area contributed by atoms with Gasteiger partial charge in [0.15, 0.2) is 0 Å². The molecule has 0 aliphatic carbocycles. The monoisotopic (exact) mass is 263 g/mol. The molecule has 1 aliphatic rings. The smallest absolute Gasteiger partial charge is 0.220 e. The maximum absolute atomic E-state index is 11.2. The van der Waals surface area contributed by atoms with Gasteiger partial charge in [-0.3, -0.25) is 4.79 Å². The van der Waals surface area contributed by atoms with E-state index in [1.165, 1.54) is 10.5 Å². The standard InChI is InChI=1S/C15H22N2O2/c1-2-19-14-6-4-3-5-13(14)11-17-9-7-12(8-10-17)15(16)18/h3-6,12H,2,7-11H2,1H3,(H2,16,18)/p+1. The molecular formula is C15H23N2O2+. The second-order valence-electron chi connectivity index (χ2n) is 5.14. The normalized spacial score (nSPS) is 23.0. The van der Waals surface area contributed by atoms with Crippen LogP contribution in [0.1, 0.15) is 25.3 Å². The van der Waals surface area contributed by atoms with Crippen molar-refractivity contribution in [2.75, 3.05) is 19.7 Å². The summed E-state index contributed by atoms with van der Waals surface area (Å²) in [6.45, 7) is 5.67. The van der Waals surface area contributed by atoms with E-state index in [0.717, 1.165) is 38.2 Å². The molecule has 0 unspecified atom stereocenters. The Bertz CT molecular complexity index is 426. The van der Waals surface area contributed by atoms with Crippen LogP contribution in [-0.4, -0.2) is 25.6 Å². The van der Waals surface area contributed by atoms with E-state index in [4.69, 9.17) is 10.5 Å². The summed E-state index contributed by atoms with van der Waals surface area (Å²) in [4.78, 5) is 12.7. The van der Waals surface area contributed by atoms with Crippen LogP contribution < -0.4 is 15.4 Å². The first-order chi connectivity index (χ1) is 9.20. The van der Waals surface area contributed by atoms with Crippen molar-refractivity contribution in [1.82, 2.24) is 0 Å². The lowest BCUT2D eigenvalue weighted by atomic mass is 9.96. The molecule has 0 saturated carbocycles. The van der Waals surface area contributed by atoms with Gasteiger partial charge in [0, 0.05) is 24.3 Å². The van der Waals surface area contributed by atoms with E-state index in [1.807, 2.05) is 25.1 Å². The van der Waals surface area contributed by atoms with E-state index in [9.17, 15) is 4.79 Å². The number of piperidine rings is 1. The van der Waals surface area contributed by atoms with Gasteiger partial charge in [-0.1, -0.05) is 12.1 Å². The maximum atomic E-state index is 11.2. The molecule has 0 aromatic heterocycles. The molecule has 0 radical (unpaired) electrons. The van der Waals surface area contributed by atoms with E-state index in [-0.39, 0.29) is 11.8 Å². The van der Waals surface area contributed by atoms with Crippen LogP contribution in [0.3, 0.4) is 0 Å². The van der Waals surface area contributed by atoms with E-state index in [0.29, 0.717) is 6.61 Å². The number of primary amides is 1. The van der Waals surface area contributed by atoms with Crippen LogP contribution in [0.5, 0.6) is 5.75 Å². The largest absolute Gasteiger partial charge is 0.493 e. The number of para-hydroxylation sites is 1. The average molecular weight is 263 g/mol. The van der Waals surface area contributed by atoms with Gasteiger partial charge in [0.1, 0.15) is 12.3 Å².